The van der Waals surface area contributed by atoms with Crippen LogP contribution in [-0.2, 0) is 5.41 Å². The van der Waals surface area contributed by atoms with Crippen LogP contribution in [0.15, 0.2) is 182 Å². The molecule has 53 heavy (non-hydrogen) atoms. The van der Waals surface area contributed by atoms with Gasteiger partial charge in [0.2, 0.25) is 0 Å². The molecule has 0 N–H and O–H groups in total. The SMILES string of the molecule is CC1(C)c2ccccc2-c2cc(-c3ccc(-c4c5ccccc5c(-c5cccc6ccccc56)c5ccccc45)c4ccccc34)c3ccccc3c21. The molecular weight excluding hydrogens is 637 g/mol. The second kappa shape index (κ2) is 11.2. The van der Waals surface area contributed by atoms with E-state index in [1.54, 1.807) is 0 Å². The summed E-state index contributed by atoms with van der Waals surface area (Å²) in [5.74, 6) is 0. The monoisotopic (exact) mass is 672 g/mol. The topological polar surface area (TPSA) is 0 Å². The normalized spacial score (nSPS) is 13.2. The number of rotatable bonds is 3. The zero-order valence-electron chi connectivity index (χ0n) is 29.8. The molecule has 1 aliphatic rings. The fraction of sp³-hybridized carbons (Fsp3) is 0.0566. The van der Waals surface area contributed by atoms with Crippen molar-refractivity contribution in [3.8, 4) is 44.5 Å². The van der Waals surface area contributed by atoms with Gasteiger partial charge in [-0.25, -0.2) is 0 Å². The molecule has 0 nitrogen and oxygen atoms in total. The van der Waals surface area contributed by atoms with E-state index in [1.807, 2.05) is 0 Å². The van der Waals surface area contributed by atoms with Gasteiger partial charge < -0.3 is 0 Å². The molecule has 0 atom stereocenters. The van der Waals surface area contributed by atoms with Gasteiger partial charge in [-0.2, -0.15) is 0 Å². The molecule has 0 saturated heterocycles. The van der Waals surface area contributed by atoms with Crippen molar-refractivity contribution in [1.29, 1.82) is 0 Å². The van der Waals surface area contributed by atoms with Crippen molar-refractivity contribution in [3.63, 3.8) is 0 Å². The highest BCUT2D eigenvalue weighted by atomic mass is 14.4. The summed E-state index contributed by atoms with van der Waals surface area (Å²) in [4.78, 5) is 0. The second-order valence-electron chi connectivity index (χ2n) is 15.1. The van der Waals surface area contributed by atoms with Gasteiger partial charge in [0, 0.05) is 5.41 Å². The minimum absolute atomic E-state index is 0.0731. The largest absolute Gasteiger partial charge is 0.0619 e. The Labute approximate surface area is 309 Å². The standard InChI is InChI=1S/C53H36/c1-53(2)49-29-14-13-22-39(49)48-32-47(37-21-7-12-27-46(37)52(48)53)38-30-31-45(36-20-6-5-19-35(36)38)51-43-25-10-8-23-41(43)50(42-24-9-11-26-44(42)51)40-28-15-17-33-16-3-4-18-34(33)40/h3-32H,1-2H3. The van der Waals surface area contributed by atoms with Gasteiger partial charge in [-0.1, -0.05) is 190 Å². The molecule has 0 heterocycles. The Hall–Kier alpha value is -6.50. The molecule has 0 aliphatic heterocycles. The van der Waals surface area contributed by atoms with Crippen LogP contribution in [0.3, 0.4) is 0 Å². The number of hydrogen-bond donors (Lipinski definition) is 0. The fourth-order valence-corrected chi connectivity index (χ4v) is 9.79. The molecule has 0 aromatic heterocycles. The molecule has 0 saturated carbocycles. The lowest BCUT2D eigenvalue weighted by Crippen LogP contribution is -2.15. The lowest BCUT2D eigenvalue weighted by molar-refractivity contribution is 0.666. The number of benzene rings is 10. The van der Waals surface area contributed by atoms with E-state index in [1.165, 1.54) is 109 Å². The summed E-state index contributed by atoms with van der Waals surface area (Å²) in [6, 6.07) is 67.8. The zero-order valence-corrected chi connectivity index (χ0v) is 29.8. The van der Waals surface area contributed by atoms with Gasteiger partial charge in [-0.3, -0.25) is 0 Å². The summed E-state index contributed by atoms with van der Waals surface area (Å²) < 4.78 is 0. The van der Waals surface area contributed by atoms with Crippen LogP contribution in [0.2, 0.25) is 0 Å². The molecule has 0 heteroatoms. The van der Waals surface area contributed by atoms with Crippen molar-refractivity contribution in [1.82, 2.24) is 0 Å². The van der Waals surface area contributed by atoms with Crippen molar-refractivity contribution in [3.05, 3.63) is 193 Å². The quantitative estimate of drug-likeness (QED) is 0.164. The van der Waals surface area contributed by atoms with E-state index in [2.05, 4.69) is 196 Å². The third-order valence-corrected chi connectivity index (χ3v) is 12.0. The molecule has 248 valence electrons. The Morgan fingerprint density at radius 2 is 0.698 bits per heavy atom. The first-order valence-corrected chi connectivity index (χ1v) is 18.7. The molecule has 0 unspecified atom stereocenters. The lowest BCUT2D eigenvalue weighted by atomic mass is 9.78. The third kappa shape index (κ3) is 4.24. The highest BCUT2D eigenvalue weighted by Gasteiger charge is 2.37. The van der Waals surface area contributed by atoms with Crippen molar-refractivity contribution in [2.45, 2.75) is 19.3 Å². The molecule has 0 radical (unpaired) electrons. The van der Waals surface area contributed by atoms with Crippen LogP contribution in [0.4, 0.5) is 0 Å². The average molecular weight is 673 g/mol. The Kier molecular flexibility index (Phi) is 6.40. The highest BCUT2D eigenvalue weighted by molar-refractivity contribution is 6.26. The molecule has 0 spiro atoms. The first-order chi connectivity index (χ1) is 26.1. The first kappa shape index (κ1) is 30.2. The van der Waals surface area contributed by atoms with Crippen molar-refractivity contribution in [2.24, 2.45) is 0 Å². The Balaban J connectivity index is 1.21. The Morgan fingerprint density at radius 1 is 0.283 bits per heavy atom. The summed E-state index contributed by atoms with van der Waals surface area (Å²) in [7, 11) is 0. The maximum absolute atomic E-state index is 2.48. The molecule has 1 aliphatic carbocycles. The van der Waals surface area contributed by atoms with E-state index in [4.69, 9.17) is 0 Å². The number of hydrogen-bond acceptors (Lipinski definition) is 0. The van der Waals surface area contributed by atoms with E-state index >= 15 is 0 Å². The van der Waals surface area contributed by atoms with Gasteiger partial charge in [0.25, 0.3) is 0 Å². The highest BCUT2D eigenvalue weighted by Crippen LogP contribution is 2.54. The van der Waals surface area contributed by atoms with Crippen LogP contribution < -0.4 is 0 Å². The van der Waals surface area contributed by atoms with Crippen LogP contribution in [0.5, 0.6) is 0 Å². The van der Waals surface area contributed by atoms with Crippen LogP contribution in [0, 0.1) is 0 Å². The maximum atomic E-state index is 2.48. The summed E-state index contributed by atoms with van der Waals surface area (Å²) in [5.41, 5.74) is 13.2. The molecule has 0 fully saturated rings. The van der Waals surface area contributed by atoms with Crippen LogP contribution >= 0.6 is 0 Å². The number of fused-ring (bicyclic) bond motifs is 9. The lowest BCUT2D eigenvalue weighted by Gasteiger charge is -2.24. The van der Waals surface area contributed by atoms with Crippen LogP contribution in [0.25, 0.3) is 98.4 Å². The molecule has 10 aromatic carbocycles. The first-order valence-electron chi connectivity index (χ1n) is 18.7. The van der Waals surface area contributed by atoms with E-state index in [0.717, 1.165) is 0 Å². The molecule has 10 aromatic rings. The summed E-state index contributed by atoms with van der Waals surface area (Å²) in [6.45, 7) is 4.77. The van der Waals surface area contributed by atoms with Crippen molar-refractivity contribution < 1.29 is 0 Å². The van der Waals surface area contributed by atoms with Gasteiger partial charge in [0.15, 0.2) is 0 Å². The summed E-state index contributed by atoms with van der Waals surface area (Å²) in [5, 5.41) is 12.8. The summed E-state index contributed by atoms with van der Waals surface area (Å²) in [6.07, 6.45) is 0. The third-order valence-electron chi connectivity index (χ3n) is 12.0. The smallest absolute Gasteiger partial charge is 0.0165 e. The molecule has 11 rings (SSSR count). The van der Waals surface area contributed by atoms with E-state index in [0.29, 0.717) is 0 Å². The zero-order chi connectivity index (χ0) is 35.3. The Morgan fingerprint density at radius 3 is 1.34 bits per heavy atom. The second-order valence-corrected chi connectivity index (χ2v) is 15.1. The minimum Gasteiger partial charge on any atom is -0.0619 e. The Bertz CT molecular complexity index is 3080. The van der Waals surface area contributed by atoms with E-state index in [-0.39, 0.29) is 5.41 Å². The average Bonchev–Trinajstić information content (AvgIpc) is 3.45. The maximum Gasteiger partial charge on any atom is 0.0165 e. The van der Waals surface area contributed by atoms with Gasteiger partial charge in [-0.05, 0) is 116 Å². The van der Waals surface area contributed by atoms with Gasteiger partial charge in [0.1, 0.15) is 0 Å². The van der Waals surface area contributed by atoms with E-state index < -0.39 is 0 Å². The van der Waals surface area contributed by atoms with Gasteiger partial charge >= 0.3 is 0 Å². The van der Waals surface area contributed by atoms with Crippen molar-refractivity contribution >= 4 is 53.9 Å². The summed E-state index contributed by atoms with van der Waals surface area (Å²) >= 11 is 0. The van der Waals surface area contributed by atoms with Crippen LogP contribution in [-0.4, -0.2) is 0 Å². The minimum atomic E-state index is -0.0731. The van der Waals surface area contributed by atoms with Gasteiger partial charge in [-0.15, -0.1) is 0 Å². The van der Waals surface area contributed by atoms with Crippen molar-refractivity contribution in [2.75, 3.05) is 0 Å². The molecule has 0 bridgehead atoms. The van der Waals surface area contributed by atoms with Gasteiger partial charge in [0.05, 0.1) is 0 Å². The fourth-order valence-electron chi connectivity index (χ4n) is 9.79. The molecular formula is C53H36. The predicted molar refractivity (Wildman–Crippen MR) is 228 cm³/mol. The van der Waals surface area contributed by atoms with E-state index in [9.17, 15) is 0 Å². The van der Waals surface area contributed by atoms with Crippen LogP contribution in [0.1, 0.15) is 25.0 Å². The molecule has 0 amide bonds. The predicted octanol–water partition coefficient (Wildman–Crippen LogP) is 14.8.